The Labute approximate surface area is 177 Å². The molecule has 1 aliphatic rings. The number of thioether (sulfide) groups is 1. The normalized spacial score (nSPS) is 16.4. The van der Waals surface area contributed by atoms with Gasteiger partial charge < -0.3 is 20.1 Å². The second kappa shape index (κ2) is 9.12. The van der Waals surface area contributed by atoms with Gasteiger partial charge >= 0.3 is 5.82 Å². The van der Waals surface area contributed by atoms with Crippen LogP contribution >= 0.6 is 11.8 Å². The number of benzene rings is 1. The Kier molecular flexibility index (Phi) is 6.56. The van der Waals surface area contributed by atoms with E-state index in [9.17, 15) is 24.8 Å². The average molecular weight is 430 g/mol. The monoisotopic (exact) mass is 430 g/mol. The lowest BCUT2D eigenvalue weighted by Crippen LogP contribution is -2.40. The van der Waals surface area contributed by atoms with Crippen molar-refractivity contribution in [3.63, 3.8) is 0 Å². The van der Waals surface area contributed by atoms with Crippen molar-refractivity contribution >= 4 is 29.3 Å². The van der Waals surface area contributed by atoms with Crippen molar-refractivity contribution in [1.82, 2.24) is 14.5 Å². The highest BCUT2D eigenvalue weighted by Gasteiger charge is 2.41. The first kappa shape index (κ1) is 21.6. The smallest absolute Gasteiger partial charge is 0.342 e. The third kappa shape index (κ3) is 4.38. The molecular weight excluding hydrogens is 408 g/mol. The highest BCUT2D eigenvalue weighted by Crippen LogP contribution is 2.29. The van der Waals surface area contributed by atoms with E-state index in [0.717, 1.165) is 5.56 Å². The van der Waals surface area contributed by atoms with Gasteiger partial charge in [0, 0.05) is 18.4 Å². The van der Waals surface area contributed by atoms with Gasteiger partial charge in [-0.25, -0.2) is 9.55 Å². The second-order valence-corrected chi connectivity index (χ2v) is 7.93. The molecule has 0 bridgehead atoms. The van der Waals surface area contributed by atoms with Crippen LogP contribution in [0.3, 0.4) is 0 Å². The molecule has 1 amide bonds. The van der Waals surface area contributed by atoms with Crippen LogP contribution in [0, 0.1) is 17.0 Å². The van der Waals surface area contributed by atoms with Crippen molar-refractivity contribution < 1.29 is 19.6 Å². The maximum atomic E-state index is 12.8. The molecule has 0 spiro atoms. The fraction of sp³-hybridized carbons (Fsp3) is 0.350. The number of amides is 1. The molecule has 2 aromatic rings. The van der Waals surface area contributed by atoms with Crippen molar-refractivity contribution in [1.29, 1.82) is 0 Å². The molecule has 9 nitrogen and oxygen atoms in total. The number of ketones is 1. The Morgan fingerprint density at radius 1 is 1.30 bits per heavy atom. The molecule has 0 fully saturated rings. The van der Waals surface area contributed by atoms with Gasteiger partial charge in [0.05, 0.1) is 12.6 Å². The second-order valence-electron chi connectivity index (χ2n) is 6.90. The number of hydrogen-bond donors (Lipinski definition) is 1. The highest BCUT2D eigenvalue weighted by atomic mass is 32.2. The summed E-state index contributed by atoms with van der Waals surface area (Å²) in [5.74, 6) is 0.0894. The van der Waals surface area contributed by atoms with Crippen molar-refractivity contribution in [3.8, 4) is 0 Å². The first-order chi connectivity index (χ1) is 14.3. The topological polar surface area (TPSA) is 119 Å². The number of nitro groups is 1. The molecule has 0 radical (unpaired) electrons. The molecule has 1 aromatic carbocycles. The molecule has 0 saturated carbocycles. The predicted octanol–water partition coefficient (Wildman–Crippen LogP) is 2.65. The summed E-state index contributed by atoms with van der Waals surface area (Å²) in [5, 5.41) is 21.8. The van der Waals surface area contributed by atoms with Crippen molar-refractivity contribution in [2.45, 2.75) is 32.2 Å². The minimum absolute atomic E-state index is 0.105. The van der Waals surface area contributed by atoms with E-state index in [4.69, 9.17) is 0 Å². The molecule has 10 heteroatoms. The molecule has 1 unspecified atom stereocenters. The van der Waals surface area contributed by atoms with E-state index >= 15 is 0 Å². The van der Waals surface area contributed by atoms with Gasteiger partial charge in [0.15, 0.2) is 11.6 Å². The van der Waals surface area contributed by atoms with Crippen LogP contribution in [0.25, 0.3) is 0 Å². The summed E-state index contributed by atoms with van der Waals surface area (Å²) in [6.07, 6.45) is 1.17. The van der Waals surface area contributed by atoms with Crippen LogP contribution in [0.5, 0.6) is 0 Å². The van der Waals surface area contributed by atoms with E-state index in [-0.39, 0.29) is 30.2 Å². The minimum Gasteiger partial charge on any atom is -0.509 e. The van der Waals surface area contributed by atoms with Crippen LogP contribution < -0.4 is 0 Å². The van der Waals surface area contributed by atoms with Gasteiger partial charge in [0.1, 0.15) is 24.1 Å². The highest BCUT2D eigenvalue weighted by molar-refractivity contribution is 7.98. The van der Waals surface area contributed by atoms with Gasteiger partial charge in [-0.05, 0) is 17.4 Å². The quantitative estimate of drug-likeness (QED) is 0.369. The number of carbonyl (C=O) groups excluding carboxylic acids is 2. The van der Waals surface area contributed by atoms with Crippen LogP contribution in [-0.4, -0.2) is 54.5 Å². The number of hydrogen-bond acceptors (Lipinski definition) is 7. The van der Waals surface area contributed by atoms with Gasteiger partial charge in [0.2, 0.25) is 0 Å². The number of Topliss-reactive ketones (excluding diaryl/α,β-unsaturated/α-hetero) is 1. The van der Waals surface area contributed by atoms with Crippen LogP contribution in [0.4, 0.5) is 5.82 Å². The summed E-state index contributed by atoms with van der Waals surface area (Å²) < 4.78 is 1.41. The van der Waals surface area contributed by atoms with E-state index in [1.54, 1.807) is 6.92 Å². The largest absolute Gasteiger partial charge is 0.509 e. The Morgan fingerprint density at radius 2 is 2.00 bits per heavy atom. The molecule has 0 aliphatic carbocycles. The molecular formula is C20H22N4O5S. The van der Waals surface area contributed by atoms with Crippen LogP contribution in [0.2, 0.25) is 0 Å². The lowest BCUT2D eigenvalue weighted by atomic mass is 10.1. The van der Waals surface area contributed by atoms with E-state index in [1.807, 2.05) is 30.3 Å². The van der Waals surface area contributed by atoms with E-state index in [0.29, 0.717) is 17.3 Å². The van der Waals surface area contributed by atoms with Gasteiger partial charge in [0.25, 0.3) is 5.91 Å². The molecule has 1 aromatic heterocycles. The molecule has 1 atom stereocenters. The zero-order chi connectivity index (χ0) is 21.8. The fourth-order valence-electron chi connectivity index (χ4n) is 3.41. The number of nitrogens with zero attached hydrogens (tertiary/aromatic N) is 4. The van der Waals surface area contributed by atoms with E-state index in [2.05, 4.69) is 4.98 Å². The molecule has 2 heterocycles. The van der Waals surface area contributed by atoms with Gasteiger partial charge in [-0.15, -0.1) is 0 Å². The van der Waals surface area contributed by atoms with Gasteiger partial charge in [-0.1, -0.05) is 30.3 Å². The SMILES string of the molecule is CC(=O)C1=C(O)C(CSCc2ccccc2)N(CCn2c([N+](=O)[O-])cnc2C)C1=O. The predicted molar refractivity (Wildman–Crippen MR) is 112 cm³/mol. The third-order valence-electron chi connectivity index (χ3n) is 4.95. The lowest BCUT2D eigenvalue weighted by Gasteiger charge is -2.24. The number of aryl methyl sites for hydroxylation is 1. The molecule has 1 N–H and O–H groups in total. The summed E-state index contributed by atoms with van der Waals surface area (Å²) >= 11 is 1.53. The summed E-state index contributed by atoms with van der Waals surface area (Å²) in [6.45, 7) is 3.12. The summed E-state index contributed by atoms with van der Waals surface area (Å²) in [6, 6.07) is 9.12. The van der Waals surface area contributed by atoms with Crippen LogP contribution in [0.1, 0.15) is 18.3 Å². The molecule has 158 valence electrons. The average Bonchev–Trinajstić information content (AvgIpc) is 3.18. The number of aliphatic hydroxyl groups is 1. The third-order valence-corrected chi connectivity index (χ3v) is 6.04. The summed E-state index contributed by atoms with van der Waals surface area (Å²) in [7, 11) is 0. The van der Waals surface area contributed by atoms with E-state index in [1.165, 1.54) is 34.3 Å². The standard InChI is InChI=1S/C20H22N4O5S/c1-13(25)18-19(26)16(12-30-11-15-6-4-3-5-7-15)23(20(18)27)9-8-22-14(2)21-10-17(22)24(28)29/h3-7,10,16,26H,8-9,11-12H2,1-2H3. The maximum Gasteiger partial charge on any atom is 0.342 e. The Hall–Kier alpha value is -3.14. The Balaban J connectivity index is 1.75. The molecule has 30 heavy (non-hydrogen) atoms. The Morgan fingerprint density at radius 3 is 2.63 bits per heavy atom. The Bertz CT molecular complexity index is 1000. The van der Waals surface area contributed by atoms with Crippen molar-refractivity contribution in [2.24, 2.45) is 0 Å². The lowest BCUT2D eigenvalue weighted by molar-refractivity contribution is -0.392. The van der Waals surface area contributed by atoms with E-state index < -0.39 is 22.7 Å². The van der Waals surface area contributed by atoms with Crippen LogP contribution in [-0.2, 0) is 21.9 Å². The van der Waals surface area contributed by atoms with Gasteiger partial charge in [-0.2, -0.15) is 11.8 Å². The van der Waals surface area contributed by atoms with Crippen LogP contribution in [0.15, 0.2) is 47.9 Å². The molecule has 0 saturated heterocycles. The minimum atomic E-state index is -0.659. The number of aliphatic hydroxyl groups excluding tert-OH is 1. The zero-order valence-corrected chi connectivity index (χ0v) is 17.5. The number of aromatic nitrogens is 2. The van der Waals surface area contributed by atoms with Gasteiger partial charge in [-0.3, -0.25) is 9.59 Å². The maximum absolute atomic E-state index is 12.8. The number of carbonyl (C=O) groups is 2. The first-order valence-corrected chi connectivity index (χ1v) is 10.5. The molecule has 3 rings (SSSR count). The zero-order valence-electron chi connectivity index (χ0n) is 16.6. The summed E-state index contributed by atoms with van der Waals surface area (Å²) in [4.78, 5) is 40.7. The molecule has 1 aliphatic heterocycles. The first-order valence-electron chi connectivity index (χ1n) is 9.34. The van der Waals surface area contributed by atoms with Crippen molar-refractivity contribution in [2.75, 3.05) is 12.3 Å². The fourth-order valence-corrected chi connectivity index (χ4v) is 4.52. The number of imidazole rings is 1. The summed E-state index contributed by atoms with van der Waals surface area (Å²) in [5.41, 5.74) is 0.899. The van der Waals surface area contributed by atoms with Crippen molar-refractivity contribution in [3.05, 3.63) is 69.4 Å². The number of rotatable bonds is 9.